The summed E-state index contributed by atoms with van der Waals surface area (Å²) in [5, 5.41) is 3.26. The van der Waals surface area contributed by atoms with Crippen LogP contribution in [0.2, 0.25) is 5.02 Å². The average molecular weight is 382 g/mol. The van der Waals surface area contributed by atoms with E-state index in [1.165, 1.54) is 0 Å². The highest BCUT2D eigenvalue weighted by Gasteiger charge is 2.16. The van der Waals surface area contributed by atoms with Crippen LogP contribution in [-0.2, 0) is 14.6 Å². The number of nitrogens with one attached hydrogen (secondary N) is 1. The van der Waals surface area contributed by atoms with E-state index < -0.39 is 9.84 Å². The molecule has 0 saturated carbocycles. The molecule has 0 fully saturated rings. The molecule has 0 aliphatic heterocycles. The lowest BCUT2D eigenvalue weighted by Crippen LogP contribution is -2.29. The maximum absolute atomic E-state index is 12.2. The Morgan fingerprint density at radius 1 is 1.08 bits per heavy atom. The number of hydrogen-bond donors (Lipinski definition) is 1. The number of amides is 1. The third kappa shape index (κ3) is 6.40. The minimum absolute atomic E-state index is 0.0862. The molecule has 0 aliphatic rings. The quantitative estimate of drug-likeness (QED) is 0.713. The normalized spacial score (nSPS) is 11.1. The van der Waals surface area contributed by atoms with Gasteiger partial charge < -0.3 is 10.1 Å². The van der Waals surface area contributed by atoms with Crippen molar-refractivity contribution in [1.29, 1.82) is 0 Å². The summed E-state index contributed by atoms with van der Waals surface area (Å²) >= 11 is 5.78. The van der Waals surface area contributed by atoms with Crippen LogP contribution in [0.25, 0.3) is 0 Å². The largest absolute Gasteiger partial charge is 0.492 e. The Morgan fingerprint density at radius 2 is 1.72 bits per heavy atom. The van der Waals surface area contributed by atoms with E-state index in [1.807, 2.05) is 6.92 Å². The second kappa shape index (κ2) is 8.87. The number of ether oxygens (including phenoxy) is 1. The van der Waals surface area contributed by atoms with Gasteiger partial charge in [0, 0.05) is 11.4 Å². The second-order valence-electron chi connectivity index (χ2n) is 5.53. The zero-order chi connectivity index (χ0) is 18.3. The number of carbonyl (C=O) groups excluding carboxylic acids is 1. The number of sulfone groups is 1. The summed E-state index contributed by atoms with van der Waals surface area (Å²) in [6.45, 7) is 2.47. The van der Waals surface area contributed by atoms with Gasteiger partial charge >= 0.3 is 0 Å². The molecule has 1 amide bonds. The van der Waals surface area contributed by atoms with Crippen molar-refractivity contribution in [2.24, 2.45) is 0 Å². The van der Waals surface area contributed by atoms with Crippen LogP contribution in [0.15, 0.2) is 53.4 Å². The van der Waals surface area contributed by atoms with Gasteiger partial charge in [0.05, 0.1) is 17.2 Å². The Kier molecular flexibility index (Phi) is 6.84. The van der Waals surface area contributed by atoms with E-state index in [9.17, 15) is 13.2 Å². The van der Waals surface area contributed by atoms with Crippen LogP contribution >= 0.6 is 11.6 Å². The molecule has 0 bridgehead atoms. The molecule has 25 heavy (non-hydrogen) atoms. The summed E-state index contributed by atoms with van der Waals surface area (Å²) in [5.41, 5.74) is 0.984. The Labute approximate surface area is 152 Å². The summed E-state index contributed by atoms with van der Waals surface area (Å²) in [5.74, 6) is 0.107. The molecule has 2 aromatic rings. The topological polar surface area (TPSA) is 72.5 Å². The minimum atomic E-state index is -3.45. The molecule has 0 heterocycles. The fourth-order valence-corrected chi connectivity index (χ4v) is 3.44. The van der Waals surface area contributed by atoms with Crippen molar-refractivity contribution in [2.75, 3.05) is 18.9 Å². The first-order chi connectivity index (χ1) is 11.9. The second-order valence-corrected chi connectivity index (χ2v) is 8.08. The summed E-state index contributed by atoms with van der Waals surface area (Å²) < 4.78 is 29.8. The molecule has 0 saturated heterocycles. The molecule has 0 atom stereocenters. The van der Waals surface area contributed by atoms with Gasteiger partial charge in [-0.15, -0.1) is 0 Å². The molecule has 0 aromatic heterocycles. The van der Waals surface area contributed by atoms with Crippen molar-refractivity contribution in [3.8, 4) is 5.75 Å². The van der Waals surface area contributed by atoms with Crippen LogP contribution in [0.3, 0.4) is 0 Å². The fraction of sp³-hybridized carbons (Fsp3) is 0.278. The molecule has 7 heteroatoms. The Morgan fingerprint density at radius 3 is 2.36 bits per heavy atom. The van der Waals surface area contributed by atoms with E-state index in [1.54, 1.807) is 48.5 Å². The number of hydrogen-bond acceptors (Lipinski definition) is 4. The molecule has 0 unspecified atom stereocenters. The summed E-state index contributed by atoms with van der Waals surface area (Å²) in [6.07, 6.45) is -0.0862. The fourth-order valence-electron chi connectivity index (χ4n) is 2.07. The van der Waals surface area contributed by atoms with Crippen LogP contribution in [-0.4, -0.2) is 33.2 Å². The number of rotatable bonds is 8. The van der Waals surface area contributed by atoms with E-state index in [4.69, 9.17) is 16.3 Å². The van der Waals surface area contributed by atoms with Crippen molar-refractivity contribution < 1.29 is 17.9 Å². The molecule has 0 spiro atoms. The standard InChI is InChI=1S/C18H20ClNO4S/c1-14-2-8-17(9-3-14)25(22,23)13-10-18(21)20-11-12-24-16-6-4-15(19)5-7-16/h2-9H,10-13H2,1H3,(H,20,21). The molecule has 2 rings (SSSR count). The number of aryl methyl sites for hydroxylation is 1. The first-order valence-electron chi connectivity index (χ1n) is 7.81. The van der Waals surface area contributed by atoms with E-state index in [2.05, 4.69) is 5.32 Å². The SMILES string of the molecule is Cc1ccc(S(=O)(=O)CCC(=O)NCCOc2ccc(Cl)cc2)cc1. The molecule has 1 N–H and O–H groups in total. The maximum Gasteiger partial charge on any atom is 0.221 e. The zero-order valence-corrected chi connectivity index (χ0v) is 15.4. The van der Waals surface area contributed by atoms with Crippen molar-refractivity contribution in [1.82, 2.24) is 5.32 Å². The Balaban J connectivity index is 1.71. The number of halogens is 1. The van der Waals surface area contributed by atoms with E-state index in [-0.39, 0.29) is 29.6 Å². The maximum atomic E-state index is 12.2. The van der Waals surface area contributed by atoms with Crippen molar-refractivity contribution in [2.45, 2.75) is 18.2 Å². The molecule has 5 nitrogen and oxygen atoms in total. The van der Waals surface area contributed by atoms with Crippen LogP contribution < -0.4 is 10.1 Å². The van der Waals surface area contributed by atoms with E-state index in [0.717, 1.165) is 5.56 Å². The smallest absolute Gasteiger partial charge is 0.221 e. The van der Waals surface area contributed by atoms with Gasteiger partial charge in [-0.05, 0) is 43.3 Å². The molecular formula is C18H20ClNO4S. The summed E-state index contributed by atoms with van der Waals surface area (Å²) in [7, 11) is -3.45. The first kappa shape index (κ1) is 19.3. The van der Waals surface area contributed by atoms with Gasteiger partial charge in [0.2, 0.25) is 5.91 Å². The van der Waals surface area contributed by atoms with Crippen molar-refractivity contribution in [3.63, 3.8) is 0 Å². The third-order valence-corrected chi connectivity index (χ3v) is 5.47. The lowest BCUT2D eigenvalue weighted by atomic mass is 10.2. The van der Waals surface area contributed by atoms with Crippen molar-refractivity contribution in [3.05, 3.63) is 59.1 Å². The van der Waals surface area contributed by atoms with Gasteiger partial charge in [0.15, 0.2) is 9.84 Å². The third-order valence-electron chi connectivity index (χ3n) is 3.48. The lowest BCUT2D eigenvalue weighted by molar-refractivity contribution is -0.120. The highest BCUT2D eigenvalue weighted by molar-refractivity contribution is 7.91. The number of carbonyl (C=O) groups is 1. The molecular weight excluding hydrogens is 362 g/mol. The van der Waals surface area contributed by atoms with Gasteiger partial charge in [-0.3, -0.25) is 4.79 Å². The Bertz CT molecular complexity index is 802. The average Bonchev–Trinajstić information content (AvgIpc) is 2.59. The van der Waals surface area contributed by atoms with Gasteiger partial charge in [-0.25, -0.2) is 8.42 Å². The monoisotopic (exact) mass is 381 g/mol. The minimum Gasteiger partial charge on any atom is -0.492 e. The van der Waals surface area contributed by atoms with Crippen molar-refractivity contribution >= 4 is 27.3 Å². The van der Waals surface area contributed by atoms with E-state index >= 15 is 0 Å². The predicted octanol–water partition coefficient (Wildman–Crippen LogP) is 3.01. The Hall–Kier alpha value is -2.05. The zero-order valence-electron chi connectivity index (χ0n) is 13.9. The predicted molar refractivity (Wildman–Crippen MR) is 97.8 cm³/mol. The van der Waals surface area contributed by atoms with Gasteiger partial charge in [-0.1, -0.05) is 29.3 Å². The van der Waals surface area contributed by atoms with Crippen LogP contribution in [0, 0.1) is 6.92 Å². The number of benzene rings is 2. The lowest BCUT2D eigenvalue weighted by Gasteiger charge is -2.08. The molecule has 2 aromatic carbocycles. The van der Waals surface area contributed by atoms with Gasteiger partial charge in [0.25, 0.3) is 0 Å². The van der Waals surface area contributed by atoms with Crippen LogP contribution in [0.4, 0.5) is 0 Å². The van der Waals surface area contributed by atoms with Gasteiger partial charge in [0.1, 0.15) is 12.4 Å². The summed E-state index contributed by atoms with van der Waals surface area (Å²) in [6, 6.07) is 13.5. The van der Waals surface area contributed by atoms with Crippen LogP contribution in [0.1, 0.15) is 12.0 Å². The molecule has 134 valence electrons. The first-order valence-corrected chi connectivity index (χ1v) is 9.84. The van der Waals surface area contributed by atoms with Crippen LogP contribution in [0.5, 0.6) is 5.75 Å². The summed E-state index contributed by atoms with van der Waals surface area (Å²) in [4.78, 5) is 12.0. The molecule has 0 radical (unpaired) electrons. The highest BCUT2D eigenvalue weighted by Crippen LogP contribution is 2.15. The van der Waals surface area contributed by atoms with Gasteiger partial charge in [-0.2, -0.15) is 0 Å². The highest BCUT2D eigenvalue weighted by atomic mass is 35.5. The molecule has 0 aliphatic carbocycles. The van der Waals surface area contributed by atoms with E-state index in [0.29, 0.717) is 17.3 Å².